The molecule has 5 heteroatoms. The fourth-order valence-electron chi connectivity index (χ4n) is 0.948. The van der Waals surface area contributed by atoms with Gasteiger partial charge in [0.15, 0.2) is 0 Å². The van der Waals surface area contributed by atoms with Crippen LogP contribution in [0.1, 0.15) is 6.92 Å². The van der Waals surface area contributed by atoms with Crippen LogP contribution in [0.15, 0.2) is 21.6 Å². The van der Waals surface area contributed by atoms with E-state index in [1.807, 2.05) is 19.2 Å². The molecule has 0 saturated heterocycles. The van der Waals surface area contributed by atoms with Gasteiger partial charge in [0, 0.05) is 22.0 Å². The number of rotatable bonds is 2. The third-order valence-corrected chi connectivity index (χ3v) is 2.08. The van der Waals surface area contributed by atoms with E-state index in [0.29, 0.717) is 13.1 Å². The molecule has 1 aliphatic heterocycles. The molecule has 3 N–H and O–H groups in total. The van der Waals surface area contributed by atoms with Crippen LogP contribution in [0.25, 0.3) is 0 Å². The van der Waals surface area contributed by atoms with E-state index in [9.17, 15) is 4.79 Å². The monoisotopic (exact) mass is 293 g/mol. The Labute approximate surface area is 91.0 Å². The Morgan fingerprint density at radius 1 is 1.77 bits per heavy atom. The highest BCUT2D eigenvalue weighted by atomic mass is 127. The van der Waals surface area contributed by atoms with Gasteiger partial charge in [0.25, 0.3) is 0 Å². The van der Waals surface area contributed by atoms with Crippen molar-refractivity contribution in [1.29, 1.82) is 0 Å². The summed E-state index contributed by atoms with van der Waals surface area (Å²) in [7, 11) is 0. The molecule has 0 unspecified atom stereocenters. The molecule has 0 aromatic carbocycles. The zero-order chi connectivity index (χ0) is 9.68. The van der Waals surface area contributed by atoms with Gasteiger partial charge in [-0.3, -0.25) is 0 Å². The number of halogens is 1. The molecule has 13 heavy (non-hydrogen) atoms. The van der Waals surface area contributed by atoms with Gasteiger partial charge in [-0.25, -0.2) is 4.79 Å². The molecule has 72 valence electrons. The van der Waals surface area contributed by atoms with Crippen molar-refractivity contribution in [3.8, 4) is 0 Å². The van der Waals surface area contributed by atoms with Crippen LogP contribution in [0.4, 0.5) is 4.79 Å². The van der Waals surface area contributed by atoms with Gasteiger partial charge in [0.05, 0.1) is 6.54 Å². The van der Waals surface area contributed by atoms with Crippen molar-refractivity contribution in [2.45, 2.75) is 6.92 Å². The first kappa shape index (κ1) is 10.4. The fourth-order valence-corrected chi connectivity index (χ4v) is 1.54. The molecule has 2 amide bonds. The van der Waals surface area contributed by atoms with Crippen molar-refractivity contribution < 1.29 is 4.79 Å². The zero-order valence-electron chi connectivity index (χ0n) is 7.36. The van der Waals surface area contributed by atoms with E-state index in [1.54, 1.807) is 0 Å². The van der Waals surface area contributed by atoms with Crippen molar-refractivity contribution in [2.24, 2.45) is 0 Å². The summed E-state index contributed by atoms with van der Waals surface area (Å²) < 4.78 is 1.08. The maximum Gasteiger partial charge on any atom is 0.319 e. The lowest BCUT2D eigenvalue weighted by Crippen LogP contribution is -2.37. The molecule has 0 aromatic heterocycles. The lowest BCUT2D eigenvalue weighted by atomic mass is 10.3. The molecule has 0 fully saturated rings. The van der Waals surface area contributed by atoms with Crippen molar-refractivity contribution >= 4 is 28.6 Å². The summed E-state index contributed by atoms with van der Waals surface area (Å²) in [6.07, 6.45) is 3.84. The Morgan fingerprint density at radius 3 is 3.15 bits per heavy atom. The second kappa shape index (κ2) is 5.11. The first-order valence-electron chi connectivity index (χ1n) is 4.07. The van der Waals surface area contributed by atoms with E-state index in [2.05, 4.69) is 38.5 Å². The summed E-state index contributed by atoms with van der Waals surface area (Å²) in [6.45, 7) is 3.19. The van der Waals surface area contributed by atoms with E-state index in [4.69, 9.17) is 0 Å². The Hall–Kier alpha value is -0.720. The number of urea groups is 1. The molecule has 0 radical (unpaired) electrons. The number of allylic oxidation sites excluding steroid dienone is 2. The number of carbonyl (C=O) groups is 1. The van der Waals surface area contributed by atoms with Gasteiger partial charge in [0.2, 0.25) is 0 Å². The highest BCUT2D eigenvalue weighted by molar-refractivity contribution is 14.1. The van der Waals surface area contributed by atoms with Crippen LogP contribution >= 0.6 is 22.6 Å². The van der Waals surface area contributed by atoms with Crippen LogP contribution < -0.4 is 16.0 Å². The van der Waals surface area contributed by atoms with Crippen molar-refractivity contribution in [3.63, 3.8) is 0 Å². The second-order valence-electron chi connectivity index (χ2n) is 2.56. The summed E-state index contributed by atoms with van der Waals surface area (Å²) in [5.74, 6) is 0. The first-order chi connectivity index (χ1) is 6.22. The van der Waals surface area contributed by atoms with Crippen LogP contribution in [0.3, 0.4) is 0 Å². The normalized spacial score (nSPS) is 15.2. The molecule has 0 aromatic rings. The summed E-state index contributed by atoms with van der Waals surface area (Å²) in [5.41, 5.74) is 0.887. The van der Waals surface area contributed by atoms with E-state index >= 15 is 0 Å². The predicted molar refractivity (Wildman–Crippen MR) is 60.4 cm³/mol. The Balaban J connectivity index is 2.45. The number of carbonyl (C=O) groups excluding carboxylic acids is 1. The number of nitrogens with one attached hydrogen (secondary N) is 3. The topological polar surface area (TPSA) is 53.2 Å². The van der Waals surface area contributed by atoms with E-state index in [1.165, 1.54) is 0 Å². The minimum absolute atomic E-state index is 0.151. The number of hydrogen-bond donors (Lipinski definition) is 3. The van der Waals surface area contributed by atoms with Gasteiger partial charge in [0.1, 0.15) is 0 Å². The minimum Gasteiger partial charge on any atom is -0.384 e. The summed E-state index contributed by atoms with van der Waals surface area (Å²) in [5, 5.41) is 8.47. The fraction of sp³-hybridized carbons (Fsp3) is 0.375. The standard InChI is InChI=1S/C8H12IN3O/c1-2-11-8(13)12-7-3-6(9)4-10-5-7/h3-4,10H,2,5H2,1H3,(H2,11,12,13). The Morgan fingerprint density at radius 2 is 2.54 bits per heavy atom. The highest BCUT2D eigenvalue weighted by Gasteiger charge is 2.05. The predicted octanol–water partition coefficient (Wildman–Crippen LogP) is 1.07. The summed E-state index contributed by atoms with van der Waals surface area (Å²) >= 11 is 2.19. The van der Waals surface area contributed by atoms with Gasteiger partial charge >= 0.3 is 6.03 Å². The molecular formula is C8H12IN3O. The number of dihydropyridines is 1. The molecule has 0 saturated carbocycles. The van der Waals surface area contributed by atoms with Gasteiger partial charge < -0.3 is 16.0 Å². The van der Waals surface area contributed by atoms with Crippen LogP contribution in [-0.4, -0.2) is 19.1 Å². The maximum atomic E-state index is 11.1. The van der Waals surface area contributed by atoms with E-state index < -0.39 is 0 Å². The third kappa shape index (κ3) is 3.67. The zero-order valence-corrected chi connectivity index (χ0v) is 9.51. The van der Waals surface area contributed by atoms with Crippen LogP contribution in [0.5, 0.6) is 0 Å². The van der Waals surface area contributed by atoms with Crippen molar-refractivity contribution in [3.05, 3.63) is 21.6 Å². The van der Waals surface area contributed by atoms with Crippen LogP contribution in [0.2, 0.25) is 0 Å². The third-order valence-electron chi connectivity index (χ3n) is 1.46. The van der Waals surface area contributed by atoms with E-state index in [0.717, 1.165) is 9.28 Å². The molecule has 0 atom stereocenters. The van der Waals surface area contributed by atoms with Crippen molar-refractivity contribution in [1.82, 2.24) is 16.0 Å². The largest absolute Gasteiger partial charge is 0.384 e. The average molecular weight is 293 g/mol. The first-order valence-corrected chi connectivity index (χ1v) is 5.14. The van der Waals surface area contributed by atoms with Gasteiger partial charge in [-0.2, -0.15) is 0 Å². The van der Waals surface area contributed by atoms with Gasteiger partial charge in [-0.05, 0) is 35.6 Å². The SMILES string of the molecule is CCNC(=O)NC1=CC(I)=CNC1. The molecule has 1 heterocycles. The molecule has 0 aliphatic carbocycles. The lowest BCUT2D eigenvalue weighted by Gasteiger charge is -2.13. The Kier molecular flexibility index (Phi) is 4.07. The highest BCUT2D eigenvalue weighted by Crippen LogP contribution is 2.11. The quantitative estimate of drug-likeness (QED) is 0.667. The molecule has 0 spiro atoms. The van der Waals surface area contributed by atoms with Crippen LogP contribution in [-0.2, 0) is 0 Å². The lowest BCUT2D eigenvalue weighted by molar-refractivity contribution is 0.243. The Bertz CT molecular complexity index is 260. The van der Waals surface area contributed by atoms with E-state index in [-0.39, 0.29) is 6.03 Å². The molecule has 1 rings (SSSR count). The summed E-state index contributed by atoms with van der Waals surface area (Å²) in [6, 6.07) is -0.151. The molecule has 1 aliphatic rings. The number of hydrogen-bond acceptors (Lipinski definition) is 2. The molecular weight excluding hydrogens is 281 g/mol. The second-order valence-corrected chi connectivity index (χ2v) is 3.81. The average Bonchev–Trinajstić information content (AvgIpc) is 2.04. The minimum atomic E-state index is -0.151. The molecule has 4 nitrogen and oxygen atoms in total. The van der Waals surface area contributed by atoms with Crippen LogP contribution in [0, 0.1) is 0 Å². The molecule has 0 bridgehead atoms. The smallest absolute Gasteiger partial charge is 0.319 e. The van der Waals surface area contributed by atoms with Gasteiger partial charge in [-0.1, -0.05) is 0 Å². The number of amides is 2. The summed E-state index contributed by atoms with van der Waals surface area (Å²) in [4.78, 5) is 11.1. The van der Waals surface area contributed by atoms with Gasteiger partial charge in [-0.15, -0.1) is 0 Å². The maximum absolute atomic E-state index is 11.1. The van der Waals surface area contributed by atoms with Crippen molar-refractivity contribution in [2.75, 3.05) is 13.1 Å².